The lowest BCUT2D eigenvalue weighted by Gasteiger charge is -2.07. The number of esters is 1. The van der Waals surface area contributed by atoms with Crippen molar-refractivity contribution in [2.45, 2.75) is 31.8 Å². The fourth-order valence-electron chi connectivity index (χ4n) is 2.04. The molecule has 4 heteroatoms. The zero-order chi connectivity index (χ0) is 16.7. The molecule has 0 aliphatic carbocycles. The summed E-state index contributed by atoms with van der Waals surface area (Å²) in [5, 5.41) is 9.00. The van der Waals surface area contributed by atoms with Crippen molar-refractivity contribution in [3.63, 3.8) is 0 Å². The van der Waals surface area contributed by atoms with Gasteiger partial charge in [0.2, 0.25) is 0 Å². The van der Waals surface area contributed by atoms with Crippen molar-refractivity contribution in [1.82, 2.24) is 0 Å². The third-order valence-corrected chi connectivity index (χ3v) is 4.58. The van der Waals surface area contributed by atoms with Gasteiger partial charge in [-0.15, -0.1) is 11.8 Å². The minimum Gasteiger partial charge on any atom is -0.461 e. The summed E-state index contributed by atoms with van der Waals surface area (Å²) < 4.78 is 5.25. The molecule has 0 saturated heterocycles. The summed E-state index contributed by atoms with van der Waals surface area (Å²) >= 11 is 1.65. The summed E-state index contributed by atoms with van der Waals surface area (Å²) in [6, 6.07) is 15.5. The molecule has 0 atom stereocenters. The topological polar surface area (TPSA) is 50.1 Å². The summed E-state index contributed by atoms with van der Waals surface area (Å²) in [7, 11) is 0. The number of nitriles is 1. The van der Waals surface area contributed by atoms with Gasteiger partial charge in [0.05, 0.1) is 18.1 Å². The molecule has 0 unspecified atom stereocenters. The Morgan fingerprint density at radius 1 is 1.17 bits per heavy atom. The SMILES string of the molecule is Cc1ccc(SCCC(=O)OCc2ccccc2C#N)cc1C. The highest BCUT2D eigenvalue weighted by Crippen LogP contribution is 2.22. The van der Waals surface area contributed by atoms with Crippen molar-refractivity contribution < 1.29 is 9.53 Å². The monoisotopic (exact) mass is 325 g/mol. The average Bonchev–Trinajstić information content (AvgIpc) is 2.56. The van der Waals surface area contributed by atoms with E-state index in [1.165, 1.54) is 11.1 Å². The lowest BCUT2D eigenvalue weighted by atomic mass is 10.1. The molecule has 23 heavy (non-hydrogen) atoms. The lowest BCUT2D eigenvalue weighted by Crippen LogP contribution is -2.06. The first-order valence-electron chi connectivity index (χ1n) is 7.44. The largest absolute Gasteiger partial charge is 0.461 e. The number of thioether (sulfide) groups is 1. The van der Waals surface area contributed by atoms with E-state index in [1.807, 2.05) is 6.07 Å². The van der Waals surface area contributed by atoms with Gasteiger partial charge in [-0.05, 0) is 43.2 Å². The summed E-state index contributed by atoms with van der Waals surface area (Å²) in [4.78, 5) is 13.0. The van der Waals surface area contributed by atoms with Gasteiger partial charge in [-0.3, -0.25) is 4.79 Å². The summed E-state index contributed by atoms with van der Waals surface area (Å²) in [5.74, 6) is 0.440. The van der Waals surface area contributed by atoms with E-state index in [4.69, 9.17) is 10.00 Å². The highest BCUT2D eigenvalue weighted by molar-refractivity contribution is 7.99. The van der Waals surface area contributed by atoms with Crippen molar-refractivity contribution in [2.75, 3.05) is 5.75 Å². The van der Waals surface area contributed by atoms with Crippen molar-refractivity contribution >= 4 is 17.7 Å². The fraction of sp³-hybridized carbons (Fsp3) is 0.263. The van der Waals surface area contributed by atoms with Gasteiger partial charge in [0, 0.05) is 16.2 Å². The van der Waals surface area contributed by atoms with Crippen LogP contribution in [0.2, 0.25) is 0 Å². The average molecular weight is 325 g/mol. The molecule has 0 aliphatic heterocycles. The Hall–Kier alpha value is -2.25. The molecule has 0 bridgehead atoms. The van der Waals surface area contributed by atoms with E-state index in [2.05, 4.69) is 38.1 Å². The zero-order valence-corrected chi connectivity index (χ0v) is 14.2. The molecule has 0 amide bonds. The second kappa shape index (κ2) is 8.40. The standard InChI is InChI=1S/C19H19NO2S/c1-14-7-8-18(11-15(14)2)23-10-9-19(21)22-13-17-6-4-3-5-16(17)12-20/h3-8,11H,9-10,13H2,1-2H3. The third kappa shape index (κ3) is 5.15. The number of benzene rings is 2. The number of hydrogen-bond acceptors (Lipinski definition) is 4. The maximum atomic E-state index is 11.8. The second-order valence-electron chi connectivity index (χ2n) is 5.27. The third-order valence-electron chi connectivity index (χ3n) is 3.58. The molecular formula is C19H19NO2S. The zero-order valence-electron chi connectivity index (χ0n) is 13.3. The molecule has 2 rings (SSSR count). The molecule has 118 valence electrons. The van der Waals surface area contributed by atoms with E-state index in [0.717, 1.165) is 10.5 Å². The van der Waals surface area contributed by atoms with Crippen LogP contribution in [0.5, 0.6) is 0 Å². The first-order valence-corrected chi connectivity index (χ1v) is 8.42. The molecule has 0 aromatic heterocycles. The van der Waals surface area contributed by atoms with Gasteiger partial charge in [0.15, 0.2) is 0 Å². The van der Waals surface area contributed by atoms with Crippen LogP contribution >= 0.6 is 11.8 Å². The smallest absolute Gasteiger partial charge is 0.306 e. The second-order valence-corrected chi connectivity index (χ2v) is 6.44. The van der Waals surface area contributed by atoms with E-state index in [-0.39, 0.29) is 12.6 Å². The highest BCUT2D eigenvalue weighted by Gasteiger charge is 2.07. The Labute approximate surface area is 141 Å². The number of nitrogens with zero attached hydrogens (tertiary/aromatic N) is 1. The van der Waals surface area contributed by atoms with Crippen LogP contribution in [0.25, 0.3) is 0 Å². The molecule has 0 N–H and O–H groups in total. The number of rotatable bonds is 6. The van der Waals surface area contributed by atoms with Gasteiger partial charge in [-0.1, -0.05) is 24.3 Å². The van der Waals surface area contributed by atoms with Crippen molar-refractivity contribution in [3.8, 4) is 6.07 Å². The van der Waals surface area contributed by atoms with E-state index in [0.29, 0.717) is 17.7 Å². The van der Waals surface area contributed by atoms with Crippen LogP contribution in [0.1, 0.15) is 28.7 Å². The molecular weight excluding hydrogens is 306 g/mol. The Balaban J connectivity index is 1.77. The number of aryl methyl sites for hydroxylation is 2. The quantitative estimate of drug-likeness (QED) is 0.583. The van der Waals surface area contributed by atoms with Crippen molar-refractivity contribution in [2.24, 2.45) is 0 Å². The molecule has 2 aromatic rings. The Morgan fingerprint density at radius 3 is 2.70 bits per heavy atom. The maximum absolute atomic E-state index is 11.8. The normalized spacial score (nSPS) is 10.1. The maximum Gasteiger partial charge on any atom is 0.306 e. The van der Waals surface area contributed by atoms with E-state index in [1.54, 1.807) is 30.0 Å². The molecule has 0 aliphatic rings. The number of carbonyl (C=O) groups is 1. The van der Waals surface area contributed by atoms with Crippen LogP contribution in [0.15, 0.2) is 47.4 Å². The minimum atomic E-state index is -0.242. The minimum absolute atomic E-state index is 0.150. The highest BCUT2D eigenvalue weighted by atomic mass is 32.2. The molecule has 3 nitrogen and oxygen atoms in total. The predicted molar refractivity (Wildman–Crippen MR) is 92.2 cm³/mol. The summed E-state index contributed by atoms with van der Waals surface area (Å²) in [5.41, 5.74) is 3.81. The molecule has 2 aromatic carbocycles. The first kappa shape index (κ1) is 17.1. The van der Waals surface area contributed by atoms with Crippen molar-refractivity contribution in [1.29, 1.82) is 5.26 Å². The van der Waals surface area contributed by atoms with Crippen LogP contribution in [0.4, 0.5) is 0 Å². The van der Waals surface area contributed by atoms with Gasteiger partial charge in [-0.25, -0.2) is 0 Å². The summed E-state index contributed by atoms with van der Waals surface area (Å²) in [6.07, 6.45) is 0.353. The number of carbonyl (C=O) groups excluding carboxylic acids is 1. The molecule has 0 radical (unpaired) electrons. The Kier molecular flexibility index (Phi) is 6.25. The van der Waals surface area contributed by atoms with Gasteiger partial charge in [0.1, 0.15) is 6.61 Å². The molecule has 0 spiro atoms. The number of ether oxygens (including phenoxy) is 1. The molecule has 0 saturated carbocycles. The van der Waals surface area contributed by atoms with Gasteiger partial charge in [-0.2, -0.15) is 5.26 Å². The van der Waals surface area contributed by atoms with Crippen LogP contribution < -0.4 is 0 Å². The summed E-state index contributed by atoms with van der Waals surface area (Å²) in [6.45, 7) is 4.32. The molecule has 0 heterocycles. The van der Waals surface area contributed by atoms with Crippen LogP contribution in [-0.2, 0) is 16.1 Å². The number of hydrogen-bond donors (Lipinski definition) is 0. The van der Waals surface area contributed by atoms with Crippen LogP contribution in [-0.4, -0.2) is 11.7 Å². The van der Waals surface area contributed by atoms with Gasteiger partial charge in [0.25, 0.3) is 0 Å². The lowest BCUT2D eigenvalue weighted by molar-refractivity contribution is -0.144. The Morgan fingerprint density at radius 2 is 1.96 bits per heavy atom. The van der Waals surface area contributed by atoms with E-state index in [9.17, 15) is 4.79 Å². The van der Waals surface area contributed by atoms with Gasteiger partial charge >= 0.3 is 5.97 Å². The van der Waals surface area contributed by atoms with Crippen LogP contribution in [0, 0.1) is 25.2 Å². The Bertz CT molecular complexity index is 734. The first-order chi connectivity index (χ1) is 11.1. The predicted octanol–water partition coefficient (Wildman–Crippen LogP) is 4.40. The van der Waals surface area contributed by atoms with Crippen LogP contribution in [0.3, 0.4) is 0 Å². The van der Waals surface area contributed by atoms with Gasteiger partial charge < -0.3 is 4.74 Å². The van der Waals surface area contributed by atoms with E-state index < -0.39 is 0 Å². The fourth-order valence-corrected chi connectivity index (χ4v) is 2.97. The van der Waals surface area contributed by atoms with E-state index >= 15 is 0 Å². The molecule has 0 fully saturated rings. The van der Waals surface area contributed by atoms with Crippen molar-refractivity contribution in [3.05, 3.63) is 64.7 Å².